The Hall–Kier alpha value is -0.200. The lowest BCUT2D eigenvalue weighted by atomic mass is 9.87. The van der Waals surface area contributed by atoms with Gasteiger partial charge in [-0.1, -0.05) is 17.8 Å². The number of hydrogen-bond donors (Lipinski definition) is 2. The molecule has 84 valence electrons. The summed E-state index contributed by atoms with van der Waals surface area (Å²) in [7, 11) is 0. The Labute approximate surface area is 101 Å². The second kappa shape index (κ2) is 5.23. The van der Waals surface area contributed by atoms with Crippen LogP contribution < -0.4 is 5.32 Å². The summed E-state index contributed by atoms with van der Waals surface area (Å²) in [6.07, 6.45) is 4.09. The zero-order chi connectivity index (χ0) is 10.7. The van der Waals surface area contributed by atoms with Crippen LogP contribution in [0.5, 0.6) is 0 Å². The van der Waals surface area contributed by atoms with E-state index in [-0.39, 0.29) is 6.10 Å². The molecule has 1 aromatic rings. The van der Waals surface area contributed by atoms with Crippen LogP contribution >= 0.6 is 27.3 Å². The lowest BCUT2D eigenvalue weighted by Crippen LogP contribution is -2.24. The topological polar surface area (TPSA) is 58.0 Å². The van der Waals surface area contributed by atoms with Gasteiger partial charge >= 0.3 is 0 Å². The molecule has 4 nitrogen and oxygen atoms in total. The molecule has 0 saturated heterocycles. The molecule has 0 radical (unpaired) electrons. The van der Waals surface area contributed by atoms with Crippen molar-refractivity contribution in [3.63, 3.8) is 0 Å². The van der Waals surface area contributed by atoms with E-state index < -0.39 is 0 Å². The lowest BCUT2D eigenvalue weighted by molar-refractivity contribution is 0.105. The standard InChI is InChI=1S/C9H14BrN3OS/c10-8-12-13-9(15-8)11-5-6-2-1-3-7(14)4-6/h6-7,14H,1-5H2,(H,11,13). The molecule has 2 unspecified atom stereocenters. The summed E-state index contributed by atoms with van der Waals surface area (Å²) in [4.78, 5) is 0. The van der Waals surface area contributed by atoms with Gasteiger partial charge in [0.1, 0.15) is 0 Å². The summed E-state index contributed by atoms with van der Waals surface area (Å²) in [5, 5.41) is 21.5. The fourth-order valence-electron chi connectivity index (χ4n) is 1.96. The van der Waals surface area contributed by atoms with Crippen molar-refractivity contribution in [1.82, 2.24) is 10.2 Å². The molecule has 0 amide bonds. The Morgan fingerprint density at radius 2 is 2.33 bits per heavy atom. The maximum Gasteiger partial charge on any atom is 0.206 e. The van der Waals surface area contributed by atoms with Gasteiger partial charge in [-0.25, -0.2) is 0 Å². The first-order chi connectivity index (χ1) is 7.24. The second-order valence-corrected chi connectivity index (χ2v) is 6.18. The van der Waals surface area contributed by atoms with Crippen molar-refractivity contribution in [1.29, 1.82) is 0 Å². The number of halogens is 1. The molecule has 0 bridgehead atoms. The first-order valence-corrected chi connectivity index (χ1v) is 6.76. The van der Waals surface area contributed by atoms with Gasteiger partial charge in [0.05, 0.1) is 6.10 Å². The van der Waals surface area contributed by atoms with Gasteiger partial charge in [0.15, 0.2) is 3.92 Å². The highest BCUT2D eigenvalue weighted by Gasteiger charge is 2.20. The summed E-state index contributed by atoms with van der Waals surface area (Å²) in [6, 6.07) is 0. The van der Waals surface area contributed by atoms with Crippen molar-refractivity contribution < 1.29 is 5.11 Å². The van der Waals surface area contributed by atoms with Crippen LogP contribution in [0.1, 0.15) is 25.7 Å². The van der Waals surface area contributed by atoms with Gasteiger partial charge in [-0.2, -0.15) is 0 Å². The van der Waals surface area contributed by atoms with Crippen LogP contribution in [0.2, 0.25) is 0 Å². The Morgan fingerprint density at radius 1 is 1.47 bits per heavy atom. The largest absolute Gasteiger partial charge is 0.393 e. The maximum absolute atomic E-state index is 9.52. The third-order valence-corrected chi connectivity index (χ3v) is 4.01. The van der Waals surface area contributed by atoms with E-state index in [1.807, 2.05) is 0 Å². The predicted octanol–water partition coefficient (Wildman–Crippen LogP) is 2.26. The molecular formula is C9H14BrN3OS. The average molecular weight is 292 g/mol. The Morgan fingerprint density at radius 3 is 3.00 bits per heavy atom. The SMILES string of the molecule is OC1CCCC(CNc2nnc(Br)s2)C1. The highest BCUT2D eigenvalue weighted by atomic mass is 79.9. The zero-order valence-electron chi connectivity index (χ0n) is 8.32. The van der Waals surface area contributed by atoms with Gasteiger partial charge in [-0.05, 0) is 41.1 Å². The number of nitrogens with zero attached hydrogens (tertiary/aromatic N) is 2. The molecule has 0 aromatic carbocycles. The number of nitrogens with one attached hydrogen (secondary N) is 1. The normalized spacial score (nSPS) is 26.5. The molecule has 2 rings (SSSR count). The summed E-state index contributed by atoms with van der Waals surface area (Å²) < 4.78 is 0.800. The number of rotatable bonds is 3. The van der Waals surface area contributed by atoms with E-state index in [2.05, 4.69) is 31.4 Å². The molecule has 1 aromatic heterocycles. The Kier molecular flexibility index (Phi) is 3.93. The van der Waals surface area contributed by atoms with Crippen LogP contribution in [0, 0.1) is 5.92 Å². The summed E-state index contributed by atoms with van der Waals surface area (Å²) in [6.45, 7) is 0.888. The van der Waals surface area contributed by atoms with Crippen LogP contribution in [-0.2, 0) is 0 Å². The predicted molar refractivity (Wildman–Crippen MR) is 64.1 cm³/mol. The van der Waals surface area contributed by atoms with E-state index in [1.54, 1.807) is 0 Å². The number of aromatic nitrogens is 2. The fourth-order valence-corrected chi connectivity index (χ4v) is 2.97. The van der Waals surface area contributed by atoms with Crippen molar-refractivity contribution in [3.8, 4) is 0 Å². The van der Waals surface area contributed by atoms with Crippen molar-refractivity contribution in [2.75, 3.05) is 11.9 Å². The number of aliphatic hydroxyl groups excluding tert-OH is 1. The minimum absolute atomic E-state index is 0.105. The van der Waals surface area contributed by atoms with E-state index >= 15 is 0 Å². The van der Waals surface area contributed by atoms with Crippen molar-refractivity contribution >= 4 is 32.4 Å². The Bertz CT molecular complexity index is 320. The van der Waals surface area contributed by atoms with Crippen LogP contribution in [0.25, 0.3) is 0 Å². The van der Waals surface area contributed by atoms with Crippen molar-refractivity contribution in [2.24, 2.45) is 5.92 Å². The van der Waals surface area contributed by atoms with Gasteiger partial charge in [-0.3, -0.25) is 0 Å². The van der Waals surface area contributed by atoms with Crippen molar-refractivity contribution in [2.45, 2.75) is 31.8 Å². The molecule has 0 aliphatic heterocycles. The molecule has 15 heavy (non-hydrogen) atoms. The van der Waals surface area contributed by atoms with Crippen LogP contribution in [0.15, 0.2) is 3.92 Å². The molecule has 1 fully saturated rings. The summed E-state index contributed by atoms with van der Waals surface area (Å²) >= 11 is 4.77. The second-order valence-electron chi connectivity index (χ2n) is 3.93. The zero-order valence-corrected chi connectivity index (χ0v) is 10.7. The summed E-state index contributed by atoms with van der Waals surface area (Å²) in [5.41, 5.74) is 0. The number of aliphatic hydroxyl groups is 1. The smallest absolute Gasteiger partial charge is 0.206 e. The molecule has 6 heteroatoms. The highest BCUT2D eigenvalue weighted by molar-refractivity contribution is 9.11. The van der Waals surface area contributed by atoms with Crippen molar-refractivity contribution in [3.05, 3.63) is 3.92 Å². The minimum Gasteiger partial charge on any atom is -0.393 e. The average Bonchev–Trinajstić information content (AvgIpc) is 2.62. The molecule has 0 spiro atoms. The third-order valence-electron chi connectivity index (χ3n) is 2.70. The molecule has 1 aliphatic carbocycles. The summed E-state index contributed by atoms with van der Waals surface area (Å²) in [5.74, 6) is 0.566. The first-order valence-electron chi connectivity index (χ1n) is 5.15. The molecular weight excluding hydrogens is 278 g/mol. The lowest BCUT2D eigenvalue weighted by Gasteiger charge is -2.25. The monoisotopic (exact) mass is 291 g/mol. The maximum atomic E-state index is 9.52. The van der Waals surface area contributed by atoms with E-state index in [9.17, 15) is 5.11 Å². The third kappa shape index (κ3) is 3.39. The molecule has 2 atom stereocenters. The molecule has 1 aliphatic rings. The Balaban J connectivity index is 1.77. The van der Waals surface area contributed by atoms with Gasteiger partial charge in [0, 0.05) is 6.54 Å². The van der Waals surface area contributed by atoms with Gasteiger partial charge in [-0.15, -0.1) is 10.2 Å². The number of hydrogen-bond acceptors (Lipinski definition) is 5. The first kappa shape index (κ1) is 11.3. The van der Waals surface area contributed by atoms with E-state index in [1.165, 1.54) is 17.8 Å². The minimum atomic E-state index is -0.105. The highest BCUT2D eigenvalue weighted by Crippen LogP contribution is 2.26. The van der Waals surface area contributed by atoms with Crippen LogP contribution in [-0.4, -0.2) is 28.0 Å². The van der Waals surface area contributed by atoms with E-state index in [0.717, 1.165) is 34.9 Å². The molecule has 1 saturated carbocycles. The van der Waals surface area contributed by atoms with E-state index in [4.69, 9.17) is 0 Å². The molecule has 2 N–H and O–H groups in total. The van der Waals surface area contributed by atoms with Crippen LogP contribution in [0.3, 0.4) is 0 Å². The van der Waals surface area contributed by atoms with Gasteiger partial charge in [0.2, 0.25) is 5.13 Å². The van der Waals surface area contributed by atoms with Gasteiger partial charge < -0.3 is 10.4 Å². The quantitative estimate of drug-likeness (QED) is 0.897. The molecule has 1 heterocycles. The van der Waals surface area contributed by atoms with E-state index in [0.29, 0.717) is 5.92 Å². The van der Waals surface area contributed by atoms with Crippen LogP contribution in [0.4, 0.5) is 5.13 Å². The number of anilines is 1. The fraction of sp³-hybridized carbons (Fsp3) is 0.778. The van der Waals surface area contributed by atoms with Gasteiger partial charge in [0.25, 0.3) is 0 Å².